The van der Waals surface area contributed by atoms with Gasteiger partial charge in [-0.05, 0) is 31.5 Å². The molecule has 1 aromatic rings. The number of likely N-dealkylation sites (N-methyl/N-ethyl adjacent to an activating group) is 1. The molecule has 0 saturated carbocycles. The molecule has 120 valence electrons. The van der Waals surface area contributed by atoms with Crippen LogP contribution >= 0.6 is 0 Å². The number of hydrogen-bond acceptors (Lipinski definition) is 5. The van der Waals surface area contributed by atoms with Crippen molar-refractivity contribution in [2.75, 3.05) is 27.3 Å². The van der Waals surface area contributed by atoms with Gasteiger partial charge >= 0.3 is 0 Å². The molecule has 0 radical (unpaired) electrons. The van der Waals surface area contributed by atoms with Crippen LogP contribution in [0, 0.1) is 0 Å². The van der Waals surface area contributed by atoms with Crippen LogP contribution in [0.25, 0.3) is 0 Å². The van der Waals surface area contributed by atoms with Crippen LogP contribution < -0.4 is 4.74 Å². The predicted octanol–water partition coefficient (Wildman–Crippen LogP) is 1.23. The number of sulfonamides is 1. The summed E-state index contributed by atoms with van der Waals surface area (Å²) < 4.78 is 36.8. The van der Waals surface area contributed by atoms with Crippen LogP contribution in [0.2, 0.25) is 0 Å². The van der Waals surface area contributed by atoms with Gasteiger partial charge in [0.05, 0.1) is 26.4 Å². The van der Waals surface area contributed by atoms with Crippen molar-refractivity contribution in [1.29, 1.82) is 0 Å². The average Bonchev–Trinajstić information content (AvgIpc) is 2.45. The molecule has 1 aromatic carbocycles. The number of benzene rings is 1. The topological polar surface area (TPSA) is 76.1 Å². The molecule has 0 heterocycles. The molecule has 0 atom stereocenters. The summed E-state index contributed by atoms with van der Waals surface area (Å²) in [6, 6.07) is 4.59. The summed E-state index contributed by atoms with van der Waals surface area (Å²) in [5, 5.41) is 9.16. The minimum atomic E-state index is -3.70. The quantitative estimate of drug-likeness (QED) is 0.780. The second-order valence-electron chi connectivity index (χ2n) is 4.89. The number of aliphatic hydroxyl groups excluding tert-OH is 1. The number of nitrogens with zero attached hydrogens (tertiary/aromatic N) is 1. The van der Waals surface area contributed by atoms with Crippen LogP contribution in [-0.2, 0) is 21.4 Å². The fraction of sp³-hybridized carbons (Fsp3) is 0.571. The molecule has 0 spiro atoms. The standard InChI is InChI=1S/C14H23NO5S/c1-11(2)20-8-7-15(3)21(17,18)14-9-12(10-16)5-6-13(14)19-4/h5-6,9,11,16H,7-8,10H2,1-4H3. The highest BCUT2D eigenvalue weighted by molar-refractivity contribution is 7.89. The van der Waals surface area contributed by atoms with E-state index in [1.54, 1.807) is 6.07 Å². The van der Waals surface area contributed by atoms with Gasteiger partial charge in [-0.15, -0.1) is 0 Å². The molecule has 0 aliphatic rings. The third-order valence-electron chi connectivity index (χ3n) is 2.96. The molecule has 0 aromatic heterocycles. The van der Waals surface area contributed by atoms with Crippen LogP contribution in [0.3, 0.4) is 0 Å². The first-order chi connectivity index (χ1) is 9.82. The maximum Gasteiger partial charge on any atom is 0.246 e. The first-order valence-corrected chi connectivity index (χ1v) is 8.12. The summed E-state index contributed by atoms with van der Waals surface area (Å²) in [4.78, 5) is 0.0450. The molecular formula is C14H23NO5S. The SMILES string of the molecule is COc1ccc(CO)cc1S(=O)(=O)N(C)CCOC(C)C. The van der Waals surface area contributed by atoms with Crippen LogP contribution in [0.5, 0.6) is 5.75 Å². The molecular weight excluding hydrogens is 294 g/mol. The van der Waals surface area contributed by atoms with Gasteiger partial charge in [0, 0.05) is 13.6 Å². The molecule has 1 N–H and O–H groups in total. The maximum atomic E-state index is 12.6. The van der Waals surface area contributed by atoms with Crippen molar-refractivity contribution in [3.05, 3.63) is 23.8 Å². The second-order valence-corrected chi connectivity index (χ2v) is 6.90. The summed E-state index contributed by atoms with van der Waals surface area (Å²) in [5.74, 6) is 0.254. The van der Waals surface area contributed by atoms with E-state index in [9.17, 15) is 8.42 Å². The lowest BCUT2D eigenvalue weighted by atomic mass is 10.2. The molecule has 0 unspecified atom stereocenters. The predicted molar refractivity (Wildman–Crippen MR) is 79.8 cm³/mol. The Balaban J connectivity index is 3.00. The lowest BCUT2D eigenvalue weighted by Crippen LogP contribution is -2.31. The number of hydrogen-bond donors (Lipinski definition) is 1. The summed E-state index contributed by atoms with van der Waals surface area (Å²) in [6.45, 7) is 4.11. The highest BCUT2D eigenvalue weighted by atomic mass is 32.2. The van der Waals surface area contributed by atoms with Crippen LogP contribution in [0.1, 0.15) is 19.4 Å². The van der Waals surface area contributed by atoms with Crippen LogP contribution in [0.15, 0.2) is 23.1 Å². The molecule has 0 amide bonds. The fourth-order valence-corrected chi connectivity index (χ4v) is 3.08. The van der Waals surface area contributed by atoms with E-state index in [1.165, 1.54) is 30.6 Å². The third-order valence-corrected chi connectivity index (χ3v) is 4.83. The summed E-state index contributed by atoms with van der Waals surface area (Å²) >= 11 is 0. The zero-order valence-corrected chi connectivity index (χ0v) is 13.7. The summed E-state index contributed by atoms with van der Waals surface area (Å²) in [5.41, 5.74) is 0.515. The Bertz CT molecular complexity index is 556. The average molecular weight is 317 g/mol. The smallest absolute Gasteiger partial charge is 0.246 e. The minimum absolute atomic E-state index is 0.0450. The summed E-state index contributed by atoms with van der Waals surface area (Å²) in [7, 11) is -0.793. The number of aliphatic hydroxyl groups is 1. The molecule has 0 saturated heterocycles. The molecule has 1 rings (SSSR count). The molecule has 21 heavy (non-hydrogen) atoms. The summed E-state index contributed by atoms with van der Waals surface area (Å²) in [6.07, 6.45) is 0.0494. The Morgan fingerprint density at radius 1 is 1.33 bits per heavy atom. The second kappa shape index (κ2) is 7.74. The molecule has 6 nitrogen and oxygen atoms in total. The zero-order chi connectivity index (χ0) is 16.0. The Hall–Kier alpha value is -1.15. The van der Waals surface area contributed by atoms with Crippen LogP contribution in [-0.4, -0.2) is 51.2 Å². The van der Waals surface area contributed by atoms with Gasteiger partial charge in [0.2, 0.25) is 10.0 Å². The van der Waals surface area contributed by atoms with Crippen molar-refractivity contribution in [1.82, 2.24) is 4.31 Å². The van der Waals surface area contributed by atoms with E-state index in [0.717, 1.165) is 0 Å². The van der Waals surface area contributed by atoms with Crippen molar-refractivity contribution >= 4 is 10.0 Å². The Morgan fingerprint density at radius 3 is 2.52 bits per heavy atom. The van der Waals surface area contributed by atoms with Crippen molar-refractivity contribution in [3.8, 4) is 5.75 Å². The lowest BCUT2D eigenvalue weighted by molar-refractivity contribution is 0.0737. The van der Waals surface area contributed by atoms with Gasteiger partial charge in [0.15, 0.2) is 0 Å². The molecule has 0 aliphatic heterocycles. The Kier molecular flexibility index (Phi) is 6.60. The van der Waals surface area contributed by atoms with Gasteiger partial charge < -0.3 is 14.6 Å². The molecule has 0 bridgehead atoms. The highest BCUT2D eigenvalue weighted by Gasteiger charge is 2.25. The van der Waals surface area contributed by atoms with Gasteiger partial charge in [0.25, 0.3) is 0 Å². The van der Waals surface area contributed by atoms with Crippen molar-refractivity contribution in [2.24, 2.45) is 0 Å². The molecule has 7 heteroatoms. The van der Waals surface area contributed by atoms with E-state index in [-0.39, 0.29) is 29.9 Å². The molecule has 0 fully saturated rings. The normalized spacial score (nSPS) is 12.1. The fourth-order valence-electron chi connectivity index (χ4n) is 1.73. The Labute approximate surface area is 126 Å². The van der Waals surface area contributed by atoms with Crippen molar-refractivity contribution in [2.45, 2.75) is 31.5 Å². The number of ether oxygens (including phenoxy) is 2. The van der Waals surface area contributed by atoms with E-state index in [4.69, 9.17) is 14.6 Å². The highest BCUT2D eigenvalue weighted by Crippen LogP contribution is 2.27. The van der Waals surface area contributed by atoms with E-state index in [0.29, 0.717) is 12.2 Å². The van der Waals surface area contributed by atoms with E-state index < -0.39 is 10.0 Å². The first kappa shape index (κ1) is 17.9. The van der Waals surface area contributed by atoms with E-state index >= 15 is 0 Å². The largest absolute Gasteiger partial charge is 0.495 e. The van der Waals surface area contributed by atoms with Crippen molar-refractivity contribution < 1.29 is 23.0 Å². The molecule has 0 aliphatic carbocycles. The van der Waals surface area contributed by atoms with Gasteiger partial charge in [-0.25, -0.2) is 8.42 Å². The minimum Gasteiger partial charge on any atom is -0.495 e. The van der Waals surface area contributed by atoms with Gasteiger partial charge in [-0.2, -0.15) is 4.31 Å². The van der Waals surface area contributed by atoms with Gasteiger partial charge in [-0.1, -0.05) is 6.07 Å². The van der Waals surface area contributed by atoms with Gasteiger partial charge in [-0.3, -0.25) is 0 Å². The van der Waals surface area contributed by atoms with E-state index in [1.807, 2.05) is 13.8 Å². The number of methoxy groups -OCH3 is 1. The first-order valence-electron chi connectivity index (χ1n) is 6.68. The Morgan fingerprint density at radius 2 is 2.00 bits per heavy atom. The van der Waals surface area contributed by atoms with E-state index in [2.05, 4.69) is 0 Å². The van der Waals surface area contributed by atoms with Crippen molar-refractivity contribution in [3.63, 3.8) is 0 Å². The van der Waals surface area contributed by atoms with Gasteiger partial charge in [0.1, 0.15) is 10.6 Å². The maximum absolute atomic E-state index is 12.6. The zero-order valence-electron chi connectivity index (χ0n) is 12.9. The lowest BCUT2D eigenvalue weighted by Gasteiger charge is -2.20. The van der Waals surface area contributed by atoms with Crippen LogP contribution in [0.4, 0.5) is 0 Å². The monoisotopic (exact) mass is 317 g/mol. The third kappa shape index (κ3) is 4.67. The number of rotatable bonds is 8.